The van der Waals surface area contributed by atoms with E-state index < -0.39 is 9.05 Å². The molecular formula is C8H5ClINO2S. The van der Waals surface area contributed by atoms with E-state index in [9.17, 15) is 8.42 Å². The molecule has 0 heterocycles. The molecule has 0 saturated carbocycles. The first-order chi connectivity index (χ1) is 6.36. The number of benzene rings is 1. The van der Waals surface area contributed by atoms with Gasteiger partial charge in [0.15, 0.2) is 0 Å². The lowest BCUT2D eigenvalue weighted by atomic mass is 10.2. The smallest absolute Gasteiger partial charge is 0.207 e. The second kappa shape index (κ2) is 4.04. The van der Waals surface area contributed by atoms with Crippen molar-refractivity contribution in [2.24, 2.45) is 0 Å². The summed E-state index contributed by atoms with van der Waals surface area (Å²) in [4.78, 5) is 0.0579. The van der Waals surface area contributed by atoms with Crippen molar-refractivity contribution < 1.29 is 8.42 Å². The summed E-state index contributed by atoms with van der Waals surface area (Å²) in [6, 6.07) is 4.88. The summed E-state index contributed by atoms with van der Waals surface area (Å²) in [6.07, 6.45) is 0. The van der Waals surface area contributed by atoms with Gasteiger partial charge in [0.2, 0.25) is 0 Å². The Morgan fingerprint density at radius 1 is 1.50 bits per heavy atom. The largest absolute Gasteiger partial charge is 0.261 e. The predicted molar refractivity (Wildman–Crippen MR) is 61.6 cm³/mol. The van der Waals surface area contributed by atoms with E-state index in [1.165, 1.54) is 12.1 Å². The highest BCUT2D eigenvalue weighted by molar-refractivity contribution is 14.1. The minimum absolute atomic E-state index is 0.0579. The molecule has 0 aliphatic carbocycles. The molecule has 0 amide bonds. The van der Waals surface area contributed by atoms with E-state index in [0.29, 0.717) is 14.7 Å². The van der Waals surface area contributed by atoms with Crippen LogP contribution in [-0.2, 0) is 9.05 Å². The molecule has 0 spiro atoms. The van der Waals surface area contributed by atoms with Crippen LogP contribution in [0.15, 0.2) is 17.0 Å². The minimum atomic E-state index is -3.72. The fraction of sp³-hybridized carbons (Fsp3) is 0.125. The van der Waals surface area contributed by atoms with E-state index in [1.54, 1.807) is 6.92 Å². The predicted octanol–water partition coefficient (Wildman–Crippen LogP) is 2.40. The lowest BCUT2D eigenvalue weighted by Crippen LogP contribution is -1.97. The zero-order valence-electron chi connectivity index (χ0n) is 7.08. The van der Waals surface area contributed by atoms with Crippen molar-refractivity contribution in [1.29, 1.82) is 5.26 Å². The Hall–Kier alpha value is -0.320. The lowest BCUT2D eigenvalue weighted by Gasteiger charge is -2.03. The molecule has 74 valence electrons. The molecular weight excluding hydrogens is 337 g/mol. The Labute approximate surface area is 100 Å². The third-order valence-electron chi connectivity index (χ3n) is 1.65. The van der Waals surface area contributed by atoms with Crippen LogP contribution < -0.4 is 0 Å². The number of aryl methyl sites for hydroxylation is 1. The Morgan fingerprint density at radius 3 is 2.50 bits per heavy atom. The molecule has 3 nitrogen and oxygen atoms in total. The molecule has 1 aromatic carbocycles. The topological polar surface area (TPSA) is 57.9 Å². The molecule has 0 aromatic heterocycles. The van der Waals surface area contributed by atoms with Crippen molar-refractivity contribution in [1.82, 2.24) is 0 Å². The summed E-state index contributed by atoms with van der Waals surface area (Å²) in [5.74, 6) is 0. The van der Waals surface area contributed by atoms with E-state index in [4.69, 9.17) is 15.9 Å². The third-order valence-corrected chi connectivity index (χ3v) is 4.00. The van der Waals surface area contributed by atoms with Crippen LogP contribution in [0.3, 0.4) is 0 Å². The van der Waals surface area contributed by atoms with Crippen molar-refractivity contribution in [2.45, 2.75) is 11.8 Å². The third kappa shape index (κ3) is 2.38. The van der Waals surface area contributed by atoms with E-state index in [0.717, 1.165) is 0 Å². The number of rotatable bonds is 1. The first kappa shape index (κ1) is 11.8. The summed E-state index contributed by atoms with van der Waals surface area (Å²) < 4.78 is 22.7. The maximum absolute atomic E-state index is 11.1. The standard InChI is InChI=1S/C8H5ClINO2S/c1-5-2-6(4-11)7(10)3-8(5)14(9,12)13/h2-3H,1H3. The molecule has 0 unspecified atom stereocenters. The van der Waals surface area contributed by atoms with E-state index >= 15 is 0 Å². The van der Waals surface area contributed by atoms with Crippen molar-refractivity contribution in [2.75, 3.05) is 0 Å². The van der Waals surface area contributed by atoms with Crippen LogP contribution in [0.25, 0.3) is 0 Å². The quantitative estimate of drug-likeness (QED) is 0.582. The monoisotopic (exact) mass is 341 g/mol. The molecule has 1 aromatic rings. The number of nitrogens with zero attached hydrogens (tertiary/aromatic N) is 1. The molecule has 6 heteroatoms. The van der Waals surface area contributed by atoms with Crippen molar-refractivity contribution in [3.8, 4) is 6.07 Å². The SMILES string of the molecule is Cc1cc(C#N)c(I)cc1S(=O)(=O)Cl. The van der Waals surface area contributed by atoms with Crippen molar-refractivity contribution in [3.63, 3.8) is 0 Å². The first-order valence-electron chi connectivity index (χ1n) is 3.51. The van der Waals surface area contributed by atoms with Crippen LogP contribution in [0.4, 0.5) is 0 Å². The van der Waals surface area contributed by atoms with Crippen LogP contribution >= 0.6 is 33.3 Å². The van der Waals surface area contributed by atoms with Gasteiger partial charge in [0, 0.05) is 14.3 Å². The van der Waals surface area contributed by atoms with Gasteiger partial charge < -0.3 is 0 Å². The number of hydrogen-bond acceptors (Lipinski definition) is 3. The second-order valence-corrected chi connectivity index (χ2v) is 6.34. The molecule has 0 aliphatic heterocycles. The zero-order chi connectivity index (χ0) is 10.9. The number of hydrogen-bond donors (Lipinski definition) is 0. The Morgan fingerprint density at radius 2 is 2.07 bits per heavy atom. The van der Waals surface area contributed by atoms with Gasteiger partial charge in [-0.15, -0.1) is 0 Å². The minimum Gasteiger partial charge on any atom is -0.207 e. The van der Waals surface area contributed by atoms with Gasteiger partial charge in [0.1, 0.15) is 6.07 Å². The Bertz CT molecular complexity index is 519. The summed E-state index contributed by atoms with van der Waals surface area (Å²) in [6.45, 7) is 1.60. The maximum atomic E-state index is 11.1. The number of halogens is 2. The Balaban J connectivity index is 3.54. The molecule has 1 rings (SSSR count). The molecule has 0 radical (unpaired) electrons. The van der Waals surface area contributed by atoms with Gasteiger partial charge in [-0.1, -0.05) is 0 Å². The van der Waals surface area contributed by atoms with Crippen LogP contribution in [0.2, 0.25) is 0 Å². The molecule has 0 saturated heterocycles. The second-order valence-electron chi connectivity index (χ2n) is 2.65. The van der Waals surface area contributed by atoms with Crippen LogP contribution in [-0.4, -0.2) is 8.42 Å². The molecule has 0 atom stereocenters. The Kier molecular flexibility index (Phi) is 3.40. The normalized spacial score (nSPS) is 11.0. The van der Waals surface area contributed by atoms with Crippen LogP contribution in [0.5, 0.6) is 0 Å². The van der Waals surface area contributed by atoms with Gasteiger partial charge in [0.05, 0.1) is 10.5 Å². The summed E-state index contributed by atoms with van der Waals surface area (Å²) in [5.41, 5.74) is 0.934. The lowest BCUT2D eigenvalue weighted by molar-refractivity contribution is 0.609. The molecule has 14 heavy (non-hydrogen) atoms. The first-order valence-corrected chi connectivity index (χ1v) is 6.90. The van der Waals surface area contributed by atoms with Gasteiger partial charge in [0.25, 0.3) is 9.05 Å². The van der Waals surface area contributed by atoms with Crippen molar-refractivity contribution in [3.05, 3.63) is 26.8 Å². The molecule has 0 N–H and O–H groups in total. The highest BCUT2D eigenvalue weighted by atomic mass is 127. The maximum Gasteiger partial charge on any atom is 0.261 e. The van der Waals surface area contributed by atoms with Crippen LogP contribution in [0, 0.1) is 21.8 Å². The average Bonchev–Trinajstić information content (AvgIpc) is 2.06. The van der Waals surface area contributed by atoms with Gasteiger partial charge in [-0.05, 0) is 47.2 Å². The summed E-state index contributed by atoms with van der Waals surface area (Å²) in [5, 5.41) is 8.70. The molecule has 0 bridgehead atoms. The molecule has 0 fully saturated rings. The summed E-state index contributed by atoms with van der Waals surface area (Å²) in [7, 11) is 1.49. The van der Waals surface area contributed by atoms with Gasteiger partial charge in [-0.25, -0.2) is 8.42 Å². The zero-order valence-corrected chi connectivity index (χ0v) is 10.8. The van der Waals surface area contributed by atoms with E-state index in [-0.39, 0.29) is 4.90 Å². The number of nitriles is 1. The van der Waals surface area contributed by atoms with E-state index in [1.807, 2.05) is 28.7 Å². The highest BCUT2D eigenvalue weighted by Crippen LogP contribution is 2.24. The van der Waals surface area contributed by atoms with Gasteiger partial charge in [-0.2, -0.15) is 5.26 Å². The van der Waals surface area contributed by atoms with Gasteiger partial charge >= 0.3 is 0 Å². The molecule has 0 aliphatic rings. The van der Waals surface area contributed by atoms with Gasteiger partial charge in [-0.3, -0.25) is 0 Å². The van der Waals surface area contributed by atoms with Crippen LogP contribution in [0.1, 0.15) is 11.1 Å². The fourth-order valence-electron chi connectivity index (χ4n) is 1.01. The highest BCUT2D eigenvalue weighted by Gasteiger charge is 2.15. The fourth-order valence-corrected chi connectivity index (χ4v) is 3.01. The summed E-state index contributed by atoms with van der Waals surface area (Å²) >= 11 is 1.90. The van der Waals surface area contributed by atoms with Crippen molar-refractivity contribution >= 4 is 42.3 Å². The average molecular weight is 342 g/mol. The van der Waals surface area contributed by atoms with E-state index in [2.05, 4.69) is 0 Å².